The number of ether oxygens (including phenoxy) is 1. The molecular formula is C21H25N3O3. The van der Waals surface area contributed by atoms with E-state index in [9.17, 15) is 9.59 Å². The molecule has 0 spiro atoms. The molecule has 27 heavy (non-hydrogen) atoms. The maximum absolute atomic E-state index is 12.9. The van der Waals surface area contributed by atoms with Crippen molar-refractivity contribution >= 4 is 22.9 Å². The molecule has 2 unspecified atom stereocenters. The number of hydrogen-bond donors (Lipinski definition) is 1. The number of amides is 1. The zero-order chi connectivity index (χ0) is 18.6. The van der Waals surface area contributed by atoms with E-state index in [1.54, 1.807) is 6.33 Å². The molecule has 6 rings (SSSR count). The highest BCUT2D eigenvalue weighted by atomic mass is 16.5. The highest BCUT2D eigenvalue weighted by Crippen LogP contribution is 2.62. The average molecular weight is 367 g/mol. The smallest absolute Gasteiger partial charge is 0.311 e. The van der Waals surface area contributed by atoms with Crippen LogP contribution in [0.3, 0.4) is 0 Å². The van der Waals surface area contributed by atoms with Crippen molar-refractivity contribution in [1.29, 1.82) is 0 Å². The number of para-hydroxylation sites is 2. The third-order valence-corrected chi connectivity index (χ3v) is 6.93. The lowest BCUT2D eigenvalue weighted by Gasteiger charge is -2.60. The van der Waals surface area contributed by atoms with E-state index in [-0.39, 0.29) is 24.0 Å². The van der Waals surface area contributed by atoms with Crippen LogP contribution in [-0.4, -0.2) is 34.1 Å². The van der Waals surface area contributed by atoms with Gasteiger partial charge in [-0.3, -0.25) is 9.59 Å². The second-order valence-corrected chi connectivity index (χ2v) is 8.92. The topological polar surface area (TPSA) is 73.2 Å². The number of esters is 1. The maximum atomic E-state index is 12.9. The van der Waals surface area contributed by atoms with Gasteiger partial charge in [-0.1, -0.05) is 12.1 Å². The lowest BCUT2D eigenvalue weighted by molar-refractivity contribution is -0.173. The Bertz CT molecular complexity index is 904. The number of methoxy groups -OCH3 is 1. The summed E-state index contributed by atoms with van der Waals surface area (Å²) >= 11 is 0. The van der Waals surface area contributed by atoms with Crippen LogP contribution in [0.25, 0.3) is 11.0 Å². The lowest BCUT2D eigenvalue weighted by Crippen LogP contribution is -2.65. The first kappa shape index (κ1) is 16.8. The summed E-state index contributed by atoms with van der Waals surface area (Å²) in [5, 5.41) is 3.34. The normalized spacial score (nSPS) is 34.0. The van der Waals surface area contributed by atoms with Crippen LogP contribution in [0.5, 0.6) is 0 Å². The van der Waals surface area contributed by atoms with Gasteiger partial charge in [0.2, 0.25) is 5.91 Å². The minimum Gasteiger partial charge on any atom is -0.469 e. The monoisotopic (exact) mass is 367 g/mol. The Morgan fingerprint density at radius 3 is 2.70 bits per heavy atom. The van der Waals surface area contributed by atoms with E-state index in [1.165, 1.54) is 13.5 Å². The molecule has 6 nitrogen and oxygen atoms in total. The molecule has 0 radical (unpaired) electrons. The van der Waals surface area contributed by atoms with Gasteiger partial charge in [0.1, 0.15) is 6.54 Å². The molecule has 1 aromatic carbocycles. The fraction of sp³-hybridized carbons (Fsp3) is 0.571. The molecule has 2 aromatic rings. The van der Waals surface area contributed by atoms with Gasteiger partial charge in [0.25, 0.3) is 0 Å². The minimum atomic E-state index is -0.395. The van der Waals surface area contributed by atoms with E-state index >= 15 is 0 Å². The van der Waals surface area contributed by atoms with Crippen molar-refractivity contribution in [1.82, 2.24) is 14.9 Å². The first-order valence-electron chi connectivity index (χ1n) is 9.80. The van der Waals surface area contributed by atoms with E-state index in [0.29, 0.717) is 11.8 Å². The Balaban J connectivity index is 1.37. The molecule has 4 fully saturated rings. The highest BCUT2D eigenvalue weighted by molar-refractivity contribution is 5.82. The van der Waals surface area contributed by atoms with E-state index in [1.807, 2.05) is 28.8 Å². The molecule has 4 aliphatic carbocycles. The van der Waals surface area contributed by atoms with Crippen LogP contribution >= 0.6 is 0 Å². The molecule has 4 aliphatic rings. The number of hydrogen-bond acceptors (Lipinski definition) is 4. The van der Waals surface area contributed by atoms with Gasteiger partial charge in [0, 0.05) is 5.54 Å². The summed E-state index contributed by atoms with van der Waals surface area (Å²) in [7, 11) is 1.48. The predicted octanol–water partition coefficient (Wildman–Crippen LogP) is 2.66. The zero-order valence-electron chi connectivity index (χ0n) is 15.6. The maximum Gasteiger partial charge on any atom is 0.311 e. The van der Waals surface area contributed by atoms with Crippen LogP contribution in [0.1, 0.15) is 38.5 Å². The van der Waals surface area contributed by atoms with Gasteiger partial charge in [-0.25, -0.2) is 4.98 Å². The van der Waals surface area contributed by atoms with Crippen molar-refractivity contribution < 1.29 is 14.3 Å². The fourth-order valence-corrected chi connectivity index (χ4v) is 6.49. The summed E-state index contributed by atoms with van der Waals surface area (Å²) in [6.45, 7) is 0.253. The van der Waals surface area contributed by atoms with Crippen LogP contribution in [0, 0.1) is 17.3 Å². The van der Waals surface area contributed by atoms with Crippen molar-refractivity contribution in [2.45, 2.75) is 50.6 Å². The summed E-state index contributed by atoms with van der Waals surface area (Å²) in [6.07, 6.45) is 7.43. The number of rotatable bonds is 4. The van der Waals surface area contributed by atoms with Gasteiger partial charge < -0.3 is 14.6 Å². The third-order valence-electron chi connectivity index (χ3n) is 6.93. The van der Waals surface area contributed by atoms with Crippen LogP contribution in [-0.2, 0) is 20.9 Å². The van der Waals surface area contributed by atoms with E-state index < -0.39 is 5.41 Å². The van der Waals surface area contributed by atoms with E-state index in [2.05, 4.69) is 10.3 Å². The number of benzene rings is 1. The van der Waals surface area contributed by atoms with E-state index in [0.717, 1.165) is 43.1 Å². The predicted molar refractivity (Wildman–Crippen MR) is 99.7 cm³/mol. The SMILES string of the molecule is COC(=O)C12CC3CC(CC(NC(=O)Cn4cnc5ccccc54)(C3)C1)C2. The molecule has 142 valence electrons. The Hall–Kier alpha value is -2.37. The molecule has 1 aromatic heterocycles. The summed E-state index contributed by atoms with van der Waals surface area (Å²) in [5.74, 6) is 0.940. The van der Waals surface area contributed by atoms with Crippen LogP contribution < -0.4 is 5.32 Å². The van der Waals surface area contributed by atoms with Crippen LogP contribution in [0.4, 0.5) is 0 Å². The van der Waals surface area contributed by atoms with Crippen LogP contribution in [0.15, 0.2) is 30.6 Å². The first-order chi connectivity index (χ1) is 13.0. The second kappa shape index (κ2) is 5.81. The molecular weight excluding hydrogens is 342 g/mol. The third kappa shape index (κ3) is 2.65. The average Bonchev–Trinajstić information content (AvgIpc) is 3.02. The first-order valence-corrected chi connectivity index (χ1v) is 9.80. The number of nitrogens with one attached hydrogen (secondary N) is 1. The van der Waals surface area contributed by atoms with Crippen molar-refractivity contribution in [3.05, 3.63) is 30.6 Å². The zero-order valence-corrected chi connectivity index (χ0v) is 15.6. The lowest BCUT2D eigenvalue weighted by atomic mass is 9.47. The molecule has 2 atom stereocenters. The Morgan fingerprint density at radius 2 is 1.96 bits per heavy atom. The van der Waals surface area contributed by atoms with Crippen molar-refractivity contribution in [3.8, 4) is 0 Å². The Kier molecular flexibility index (Phi) is 3.61. The number of nitrogens with zero attached hydrogens (tertiary/aromatic N) is 2. The molecule has 0 aliphatic heterocycles. The standard InChI is InChI=1S/C21H25N3O3/c1-27-19(26)20-7-14-6-15(8-20)10-21(9-14,12-20)23-18(25)11-24-13-22-16-4-2-3-5-17(16)24/h2-5,13-15H,6-12H2,1H3,(H,23,25). The van der Waals surface area contributed by atoms with Gasteiger partial charge in [0.15, 0.2) is 0 Å². The molecule has 6 heteroatoms. The molecule has 1 amide bonds. The highest BCUT2D eigenvalue weighted by Gasteiger charge is 2.61. The van der Waals surface area contributed by atoms with Crippen molar-refractivity contribution in [2.75, 3.05) is 7.11 Å². The van der Waals surface area contributed by atoms with Gasteiger partial charge in [0.05, 0.1) is 29.9 Å². The van der Waals surface area contributed by atoms with Gasteiger partial charge >= 0.3 is 5.97 Å². The van der Waals surface area contributed by atoms with Crippen molar-refractivity contribution in [2.24, 2.45) is 17.3 Å². The molecule has 1 heterocycles. The fourth-order valence-electron chi connectivity index (χ4n) is 6.49. The minimum absolute atomic E-state index is 0.000110. The quantitative estimate of drug-likeness (QED) is 0.843. The molecule has 1 N–H and O–H groups in total. The van der Waals surface area contributed by atoms with Crippen molar-refractivity contribution in [3.63, 3.8) is 0 Å². The molecule has 4 saturated carbocycles. The summed E-state index contributed by atoms with van der Waals surface area (Å²) < 4.78 is 7.04. The summed E-state index contributed by atoms with van der Waals surface area (Å²) in [4.78, 5) is 29.8. The Labute approximate surface area is 158 Å². The van der Waals surface area contributed by atoms with Gasteiger partial charge in [-0.05, 0) is 62.5 Å². The number of fused-ring (bicyclic) bond motifs is 1. The number of carbonyl (C=O) groups is 2. The summed E-state index contributed by atoms with van der Waals surface area (Å²) in [5.41, 5.74) is 1.20. The van der Waals surface area contributed by atoms with Gasteiger partial charge in [-0.15, -0.1) is 0 Å². The number of imidazole rings is 1. The number of carbonyl (C=O) groups excluding carboxylic acids is 2. The van der Waals surface area contributed by atoms with Gasteiger partial charge in [-0.2, -0.15) is 0 Å². The van der Waals surface area contributed by atoms with E-state index in [4.69, 9.17) is 4.74 Å². The largest absolute Gasteiger partial charge is 0.469 e. The summed E-state index contributed by atoms with van der Waals surface area (Å²) in [6, 6.07) is 7.83. The second-order valence-electron chi connectivity index (χ2n) is 8.92. The van der Waals surface area contributed by atoms with Crippen LogP contribution in [0.2, 0.25) is 0 Å². The Morgan fingerprint density at radius 1 is 1.22 bits per heavy atom. The molecule has 0 saturated heterocycles. The number of aromatic nitrogens is 2. The molecule has 4 bridgehead atoms.